The second-order valence-corrected chi connectivity index (χ2v) is 7.45. The van der Waals surface area contributed by atoms with Gasteiger partial charge in [0.05, 0.1) is 6.10 Å². The van der Waals surface area contributed by atoms with E-state index in [4.69, 9.17) is 21.0 Å². The molecule has 2 unspecified atom stereocenters. The van der Waals surface area contributed by atoms with Crippen LogP contribution in [0.1, 0.15) is 46.0 Å². The van der Waals surface area contributed by atoms with E-state index < -0.39 is 19.0 Å². The summed E-state index contributed by atoms with van der Waals surface area (Å²) in [6.45, 7) is -0.789. The molecule has 0 radical (unpaired) electrons. The van der Waals surface area contributed by atoms with Gasteiger partial charge in [-0.15, -0.1) is 0 Å². The molecule has 0 aromatic heterocycles. The monoisotopic (exact) mass is 313 g/mol. The van der Waals surface area contributed by atoms with E-state index in [0.717, 1.165) is 25.7 Å². The number of nitrogens with one attached hydrogen (secondary N) is 1. The molecule has 2 N–H and O–H groups in total. The molecule has 6 nitrogen and oxygen atoms in total. The molecule has 1 saturated carbocycles. The molecule has 1 fully saturated rings. The van der Waals surface area contributed by atoms with Crippen LogP contribution in [0.2, 0.25) is 0 Å². The van der Waals surface area contributed by atoms with Crippen LogP contribution in [0.15, 0.2) is 0 Å². The number of hydrogen-bond acceptors (Lipinski definition) is 5. The van der Waals surface area contributed by atoms with E-state index in [2.05, 4.69) is 10.0 Å². The normalized spacial score (nSPS) is 21.9. The van der Waals surface area contributed by atoms with Crippen molar-refractivity contribution in [3.05, 3.63) is 0 Å². The molecule has 0 amide bonds. The van der Waals surface area contributed by atoms with Gasteiger partial charge in [0.1, 0.15) is 6.04 Å². The number of carbonyl (C=O) groups is 1. The summed E-state index contributed by atoms with van der Waals surface area (Å²) in [5.74, 6) is -1.04. The Balaban J connectivity index is 2.47. The molecule has 1 aliphatic carbocycles. The summed E-state index contributed by atoms with van der Waals surface area (Å²) < 4.78 is 15.2. The van der Waals surface area contributed by atoms with Crippen LogP contribution in [0.25, 0.3) is 0 Å². The lowest BCUT2D eigenvalue weighted by atomic mass is 9.98. The maximum atomic E-state index is 11.7. The third-order valence-electron chi connectivity index (χ3n) is 3.04. The molecular weight excluding hydrogens is 293 g/mol. The second-order valence-electron chi connectivity index (χ2n) is 5.08. The Hall–Kier alpha value is -0.130. The zero-order chi connectivity index (χ0) is 14.5. The Labute approximate surface area is 118 Å². The van der Waals surface area contributed by atoms with Gasteiger partial charge in [0, 0.05) is 11.2 Å². The SMILES string of the molecule is CC(C)C(NOC1CCCCC1)C(=O)OP(=O)(O)Cl. The van der Waals surface area contributed by atoms with Gasteiger partial charge in [-0.1, -0.05) is 33.1 Å². The fourth-order valence-electron chi connectivity index (χ4n) is 1.98. The van der Waals surface area contributed by atoms with Gasteiger partial charge in [-0.2, -0.15) is 5.48 Å². The van der Waals surface area contributed by atoms with Crippen molar-refractivity contribution in [2.75, 3.05) is 0 Å². The van der Waals surface area contributed by atoms with Gasteiger partial charge in [0.2, 0.25) is 0 Å². The third-order valence-corrected chi connectivity index (χ3v) is 3.65. The number of hydrogen-bond donors (Lipinski definition) is 2. The first-order chi connectivity index (χ1) is 8.79. The number of hydroxylamine groups is 1. The molecule has 0 bridgehead atoms. The van der Waals surface area contributed by atoms with Crippen LogP contribution in [0, 0.1) is 5.92 Å². The molecule has 0 aromatic carbocycles. The molecule has 0 spiro atoms. The fourth-order valence-corrected chi connectivity index (χ4v) is 2.52. The highest BCUT2D eigenvalue weighted by Gasteiger charge is 2.31. The average Bonchev–Trinajstić information content (AvgIpc) is 2.27. The third kappa shape index (κ3) is 6.72. The Bertz CT molecular complexity index is 340. The highest BCUT2D eigenvalue weighted by atomic mass is 35.7. The molecule has 112 valence electrons. The number of carbonyl (C=O) groups excluding carboxylic acids is 1. The van der Waals surface area contributed by atoms with Crippen LogP contribution >= 0.6 is 18.2 Å². The molecule has 1 aliphatic rings. The molecule has 0 saturated heterocycles. The Kier molecular flexibility index (Phi) is 6.77. The standard InChI is InChI=1S/C11H21ClNO5P/c1-8(2)10(11(14)18-19(12,15)16)13-17-9-6-4-3-5-7-9/h8-10,13H,3-7H2,1-2H3,(H,15,16). The van der Waals surface area contributed by atoms with Gasteiger partial charge in [0.25, 0.3) is 0 Å². The molecule has 0 heterocycles. The van der Waals surface area contributed by atoms with Crippen LogP contribution in [-0.2, 0) is 18.7 Å². The van der Waals surface area contributed by atoms with Gasteiger partial charge >= 0.3 is 12.9 Å². The minimum atomic E-state index is -4.34. The molecule has 2 atom stereocenters. The Morgan fingerprint density at radius 3 is 2.42 bits per heavy atom. The molecule has 0 aliphatic heterocycles. The molecule has 19 heavy (non-hydrogen) atoms. The summed E-state index contributed by atoms with van der Waals surface area (Å²) in [5.41, 5.74) is 2.65. The van der Waals surface area contributed by atoms with Crippen molar-refractivity contribution in [2.45, 2.75) is 58.1 Å². The minimum absolute atomic E-state index is 0.0692. The van der Waals surface area contributed by atoms with E-state index in [0.29, 0.717) is 0 Å². The van der Waals surface area contributed by atoms with Crippen molar-refractivity contribution in [2.24, 2.45) is 5.92 Å². The van der Waals surface area contributed by atoms with Crippen molar-refractivity contribution in [3.8, 4) is 0 Å². The maximum absolute atomic E-state index is 11.7. The van der Waals surface area contributed by atoms with Gasteiger partial charge < -0.3 is 9.42 Å². The van der Waals surface area contributed by atoms with Gasteiger partial charge in [-0.25, -0.2) is 9.36 Å². The quantitative estimate of drug-likeness (QED) is 0.579. The van der Waals surface area contributed by atoms with Gasteiger partial charge in [-0.05, 0) is 18.8 Å². The lowest BCUT2D eigenvalue weighted by Gasteiger charge is -2.26. The first-order valence-electron chi connectivity index (χ1n) is 6.46. The van der Waals surface area contributed by atoms with Crippen LogP contribution in [-0.4, -0.2) is 23.0 Å². The fraction of sp³-hybridized carbons (Fsp3) is 0.909. The first-order valence-corrected chi connectivity index (χ1v) is 8.95. The Morgan fingerprint density at radius 1 is 1.37 bits per heavy atom. The minimum Gasteiger partial charge on any atom is -0.379 e. The molecule has 1 rings (SSSR count). The summed E-state index contributed by atoms with van der Waals surface area (Å²) in [6, 6.07) is -0.818. The molecular formula is C11H21ClNO5P. The molecule has 0 aromatic rings. The van der Waals surface area contributed by atoms with E-state index in [1.807, 2.05) is 0 Å². The van der Waals surface area contributed by atoms with E-state index >= 15 is 0 Å². The van der Waals surface area contributed by atoms with Crippen molar-refractivity contribution in [3.63, 3.8) is 0 Å². The van der Waals surface area contributed by atoms with E-state index in [1.165, 1.54) is 6.42 Å². The molecule has 8 heteroatoms. The van der Waals surface area contributed by atoms with Crippen molar-refractivity contribution in [1.82, 2.24) is 5.48 Å². The van der Waals surface area contributed by atoms with Crippen LogP contribution in [0.5, 0.6) is 0 Å². The summed E-state index contributed by atoms with van der Waals surface area (Å²) in [6.07, 6.45) is 5.38. The van der Waals surface area contributed by atoms with Crippen LogP contribution in [0.4, 0.5) is 0 Å². The topological polar surface area (TPSA) is 84.9 Å². The predicted octanol–water partition coefficient (Wildman–Crippen LogP) is 2.75. The van der Waals surface area contributed by atoms with Crippen molar-refractivity contribution >= 4 is 24.2 Å². The maximum Gasteiger partial charge on any atom is 0.476 e. The van der Waals surface area contributed by atoms with Gasteiger partial charge in [0.15, 0.2) is 0 Å². The van der Waals surface area contributed by atoms with Crippen molar-refractivity contribution < 1.29 is 23.6 Å². The number of rotatable bonds is 6. The highest BCUT2D eigenvalue weighted by molar-refractivity contribution is 7.80. The highest BCUT2D eigenvalue weighted by Crippen LogP contribution is 2.47. The lowest BCUT2D eigenvalue weighted by Crippen LogP contribution is -2.43. The summed E-state index contributed by atoms with van der Waals surface area (Å²) >= 11 is 5.03. The lowest BCUT2D eigenvalue weighted by molar-refractivity contribution is -0.146. The predicted molar refractivity (Wildman–Crippen MR) is 71.5 cm³/mol. The Morgan fingerprint density at radius 2 is 1.95 bits per heavy atom. The van der Waals surface area contributed by atoms with Crippen molar-refractivity contribution in [1.29, 1.82) is 0 Å². The summed E-state index contributed by atoms with van der Waals surface area (Å²) in [5, 5.41) is 0. The van der Waals surface area contributed by atoms with E-state index in [9.17, 15) is 9.36 Å². The van der Waals surface area contributed by atoms with Gasteiger partial charge in [-0.3, -0.25) is 4.84 Å². The zero-order valence-corrected chi connectivity index (χ0v) is 12.8. The second kappa shape index (κ2) is 7.60. The largest absolute Gasteiger partial charge is 0.476 e. The van der Waals surface area contributed by atoms with Crippen LogP contribution in [0.3, 0.4) is 0 Å². The average molecular weight is 314 g/mol. The first kappa shape index (κ1) is 16.9. The van der Waals surface area contributed by atoms with E-state index in [1.54, 1.807) is 13.8 Å². The summed E-state index contributed by atoms with van der Waals surface area (Å²) in [4.78, 5) is 26.0. The number of halogens is 1. The zero-order valence-electron chi connectivity index (χ0n) is 11.2. The van der Waals surface area contributed by atoms with Crippen LogP contribution < -0.4 is 5.48 Å². The smallest absolute Gasteiger partial charge is 0.379 e. The van der Waals surface area contributed by atoms with E-state index in [-0.39, 0.29) is 12.0 Å². The summed E-state index contributed by atoms with van der Waals surface area (Å²) in [7, 11) is 0.